The number of rotatable bonds is 7. The van der Waals surface area contributed by atoms with Crippen molar-refractivity contribution in [3.63, 3.8) is 0 Å². The van der Waals surface area contributed by atoms with Crippen LogP contribution < -0.4 is 9.47 Å². The highest BCUT2D eigenvalue weighted by atomic mass is 35.5. The Bertz CT molecular complexity index is 1110. The zero-order valence-corrected chi connectivity index (χ0v) is 20.1. The lowest BCUT2D eigenvalue weighted by molar-refractivity contribution is -0.0105. The van der Waals surface area contributed by atoms with Gasteiger partial charge in [0.25, 0.3) is 0 Å². The van der Waals surface area contributed by atoms with E-state index in [2.05, 4.69) is 47.1 Å². The van der Waals surface area contributed by atoms with Crippen molar-refractivity contribution in [2.45, 2.75) is 32.6 Å². The molecule has 33 heavy (non-hydrogen) atoms. The molecular formula is C27H30ClFN2O2. The van der Waals surface area contributed by atoms with Gasteiger partial charge in [-0.05, 0) is 60.4 Å². The molecule has 0 aliphatic carbocycles. The lowest BCUT2D eigenvalue weighted by Gasteiger charge is -2.45. The maximum absolute atomic E-state index is 13.7. The Labute approximate surface area is 200 Å². The summed E-state index contributed by atoms with van der Waals surface area (Å²) in [6.07, 6.45) is 0.970. The van der Waals surface area contributed by atoms with Gasteiger partial charge in [0, 0.05) is 36.8 Å². The van der Waals surface area contributed by atoms with Crippen LogP contribution >= 0.6 is 11.6 Å². The third-order valence-electron chi connectivity index (χ3n) is 6.32. The monoisotopic (exact) mass is 468 g/mol. The van der Waals surface area contributed by atoms with Gasteiger partial charge < -0.3 is 9.47 Å². The van der Waals surface area contributed by atoms with Crippen LogP contribution in [-0.4, -0.2) is 37.1 Å². The van der Waals surface area contributed by atoms with Gasteiger partial charge in [0.2, 0.25) is 0 Å². The average molecular weight is 469 g/mol. The third-order valence-corrected chi connectivity index (χ3v) is 6.67. The molecule has 1 atom stereocenters. The predicted molar refractivity (Wildman–Crippen MR) is 130 cm³/mol. The molecule has 6 heteroatoms. The third kappa shape index (κ3) is 5.32. The number of hydrogen-bond donors (Lipinski definition) is 0. The zero-order valence-electron chi connectivity index (χ0n) is 19.4. The van der Waals surface area contributed by atoms with E-state index < -0.39 is 0 Å². The molecule has 0 N–H and O–H groups in total. The first-order valence-corrected chi connectivity index (χ1v) is 11.6. The van der Waals surface area contributed by atoms with Crippen molar-refractivity contribution in [1.29, 1.82) is 0 Å². The van der Waals surface area contributed by atoms with E-state index >= 15 is 0 Å². The summed E-state index contributed by atoms with van der Waals surface area (Å²) in [5.74, 6) is 1.27. The van der Waals surface area contributed by atoms with Crippen LogP contribution in [0.2, 0.25) is 5.02 Å². The van der Waals surface area contributed by atoms with E-state index in [1.54, 1.807) is 20.3 Å². The van der Waals surface area contributed by atoms with E-state index in [0.717, 1.165) is 48.7 Å². The summed E-state index contributed by atoms with van der Waals surface area (Å²) in [6.45, 7) is 5.41. The van der Waals surface area contributed by atoms with Crippen LogP contribution in [0.15, 0.2) is 60.7 Å². The molecule has 3 aromatic rings. The molecule has 0 saturated carbocycles. The molecule has 1 unspecified atom stereocenters. The quantitative estimate of drug-likeness (QED) is 0.411. The van der Waals surface area contributed by atoms with Crippen molar-refractivity contribution in [1.82, 2.24) is 9.80 Å². The van der Waals surface area contributed by atoms with Gasteiger partial charge in [0.15, 0.2) is 0 Å². The molecule has 1 aliphatic rings. The van der Waals surface area contributed by atoms with Crippen LogP contribution in [0.1, 0.15) is 34.8 Å². The molecular weight excluding hydrogens is 439 g/mol. The zero-order chi connectivity index (χ0) is 23.4. The normalized spacial score (nSPS) is 17.2. The lowest BCUT2D eigenvalue weighted by Crippen LogP contribution is -2.47. The number of aryl methyl sites for hydroxylation is 1. The number of nitrogens with zero attached hydrogens (tertiary/aromatic N) is 2. The minimum Gasteiger partial charge on any atom is -0.497 e. The van der Waals surface area contributed by atoms with E-state index in [9.17, 15) is 4.39 Å². The summed E-state index contributed by atoms with van der Waals surface area (Å²) in [5, 5.41) is 0.447. The van der Waals surface area contributed by atoms with Crippen molar-refractivity contribution in [3.05, 3.63) is 93.8 Å². The number of halogens is 2. The van der Waals surface area contributed by atoms with Crippen LogP contribution in [0.25, 0.3) is 0 Å². The molecule has 1 aliphatic heterocycles. The van der Waals surface area contributed by atoms with Gasteiger partial charge in [-0.1, -0.05) is 41.9 Å². The largest absolute Gasteiger partial charge is 0.497 e. The fourth-order valence-corrected chi connectivity index (χ4v) is 4.82. The molecule has 174 valence electrons. The highest BCUT2D eigenvalue weighted by molar-refractivity contribution is 6.31. The first-order chi connectivity index (χ1) is 16.0. The standard InChI is InChI=1S/C27H30ClFN2O2/c1-19-7-4-5-8-20(19)17-30-13-6-14-31(18-21-9-10-22(29)15-25(21)28)27(30)24-16-23(32-2)11-12-26(24)33-3/h4-5,7-12,15-16,27H,6,13-14,17-18H2,1-3H3. The van der Waals surface area contributed by atoms with Gasteiger partial charge >= 0.3 is 0 Å². The summed E-state index contributed by atoms with van der Waals surface area (Å²) in [4.78, 5) is 4.86. The molecule has 0 spiro atoms. The van der Waals surface area contributed by atoms with Crippen molar-refractivity contribution in [2.75, 3.05) is 27.3 Å². The highest BCUT2D eigenvalue weighted by Crippen LogP contribution is 2.39. The van der Waals surface area contributed by atoms with Crippen molar-refractivity contribution >= 4 is 11.6 Å². The van der Waals surface area contributed by atoms with Crippen molar-refractivity contribution < 1.29 is 13.9 Å². The number of benzene rings is 3. The molecule has 0 radical (unpaired) electrons. The second-order valence-corrected chi connectivity index (χ2v) is 8.85. The Morgan fingerprint density at radius 2 is 1.64 bits per heavy atom. The lowest BCUT2D eigenvalue weighted by atomic mass is 10.0. The fourth-order valence-electron chi connectivity index (χ4n) is 4.59. The Hall–Kier alpha value is -2.60. The number of hydrogen-bond acceptors (Lipinski definition) is 4. The van der Waals surface area contributed by atoms with Crippen LogP contribution in [0.3, 0.4) is 0 Å². The van der Waals surface area contributed by atoms with Crippen LogP contribution in [0, 0.1) is 12.7 Å². The van der Waals surface area contributed by atoms with E-state index in [-0.39, 0.29) is 12.0 Å². The van der Waals surface area contributed by atoms with Crippen molar-refractivity contribution in [2.24, 2.45) is 0 Å². The summed E-state index contributed by atoms with van der Waals surface area (Å²) in [7, 11) is 3.37. The Morgan fingerprint density at radius 3 is 2.30 bits per heavy atom. The predicted octanol–water partition coefficient (Wildman–Crippen LogP) is 6.21. The van der Waals surface area contributed by atoms with Gasteiger partial charge in [-0.2, -0.15) is 0 Å². The van der Waals surface area contributed by atoms with E-state index in [0.29, 0.717) is 11.6 Å². The van der Waals surface area contributed by atoms with E-state index in [4.69, 9.17) is 21.1 Å². The first kappa shape index (κ1) is 23.6. The topological polar surface area (TPSA) is 24.9 Å². The number of methoxy groups -OCH3 is 2. The Morgan fingerprint density at radius 1 is 0.909 bits per heavy atom. The minimum absolute atomic E-state index is 0.0514. The molecule has 0 aromatic heterocycles. The molecule has 1 saturated heterocycles. The maximum atomic E-state index is 13.7. The molecule has 3 aromatic carbocycles. The summed E-state index contributed by atoms with van der Waals surface area (Å²) in [6, 6.07) is 19.0. The first-order valence-electron chi connectivity index (χ1n) is 11.2. The van der Waals surface area contributed by atoms with Gasteiger partial charge in [0.05, 0.1) is 20.4 Å². The van der Waals surface area contributed by atoms with Crippen LogP contribution in [0.5, 0.6) is 11.5 Å². The SMILES string of the molecule is COc1ccc(OC)c(C2N(Cc3ccccc3C)CCCN2Cc2ccc(F)cc2Cl)c1. The average Bonchev–Trinajstić information content (AvgIpc) is 2.82. The molecule has 1 heterocycles. The second-order valence-electron chi connectivity index (χ2n) is 8.44. The molecule has 0 amide bonds. The highest BCUT2D eigenvalue weighted by Gasteiger charge is 2.33. The Kier molecular flexibility index (Phi) is 7.53. The number of ether oxygens (including phenoxy) is 2. The van der Waals surface area contributed by atoms with Gasteiger partial charge in [0.1, 0.15) is 17.3 Å². The van der Waals surface area contributed by atoms with Gasteiger partial charge in [-0.15, -0.1) is 0 Å². The minimum atomic E-state index is -0.324. The van der Waals surface area contributed by atoms with Crippen LogP contribution in [-0.2, 0) is 13.1 Å². The molecule has 1 fully saturated rings. The van der Waals surface area contributed by atoms with E-state index in [1.807, 2.05) is 12.1 Å². The smallest absolute Gasteiger partial charge is 0.125 e. The van der Waals surface area contributed by atoms with Crippen LogP contribution in [0.4, 0.5) is 4.39 Å². The fraction of sp³-hybridized carbons (Fsp3) is 0.333. The Balaban J connectivity index is 1.75. The summed E-state index contributed by atoms with van der Waals surface area (Å²) < 4.78 is 25.0. The maximum Gasteiger partial charge on any atom is 0.125 e. The molecule has 0 bridgehead atoms. The van der Waals surface area contributed by atoms with E-state index in [1.165, 1.54) is 23.3 Å². The summed E-state index contributed by atoms with van der Waals surface area (Å²) in [5.41, 5.74) is 4.52. The molecule has 4 rings (SSSR count). The second kappa shape index (κ2) is 10.6. The van der Waals surface area contributed by atoms with Gasteiger partial charge in [-0.25, -0.2) is 4.39 Å². The van der Waals surface area contributed by atoms with Crippen molar-refractivity contribution in [3.8, 4) is 11.5 Å². The summed E-state index contributed by atoms with van der Waals surface area (Å²) >= 11 is 6.41. The van der Waals surface area contributed by atoms with Gasteiger partial charge in [-0.3, -0.25) is 9.80 Å². The molecule has 4 nitrogen and oxygen atoms in total.